The van der Waals surface area contributed by atoms with Crippen LogP contribution in [0.2, 0.25) is 0 Å². The molecule has 2 aliphatic rings. The molecule has 7 nitrogen and oxygen atoms in total. The Labute approximate surface area is 135 Å². The topological polar surface area (TPSA) is 90.4 Å². The van der Waals surface area contributed by atoms with E-state index >= 15 is 0 Å². The lowest BCUT2D eigenvalue weighted by Gasteiger charge is -2.12. The van der Waals surface area contributed by atoms with Crippen LogP contribution in [0.5, 0.6) is 6.01 Å². The molecule has 1 aliphatic carbocycles. The molecule has 0 spiro atoms. The van der Waals surface area contributed by atoms with E-state index in [4.69, 9.17) is 10.5 Å². The van der Waals surface area contributed by atoms with Gasteiger partial charge < -0.3 is 15.8 Å². The molecule has 23 heavy (non-hydrogen) atoms. The van der Waals surface area contributed by atoms with Crippen LogP contribution in [0.4, 0.5) is 5.82 Å². The molecule has 2 fully saturated rings. The molecule has 4 atom stereocenters. The first-order chi connectivity index (χ1) is 11.2. The van der Waals surface area contributed by atoms with Gasteiger partial charge in [-0.1, -0.05) is 13.3 Å². The Bertz CT molecular complexity index is 704. The summed E-state index contributed by atoms with van der Waals surface area (Å²) < 4.78 is 7.62. The Morgan fingerprint density at radius 1 is 1.43 bits per heavy atom. The highest BCUT2D eigenvalue weighted by Crippen LogP contribution is 2.50. The average molecular weight is 316 g/mol. The van der Waals surface area contributed by atoms with E-state index in [1.54, 1.807) is 0 Å². The second kappa shape index (κ2) is 5.63. The van der Waals surface area contributed by atoms with Gasteiger partial charge in [0.05, 0.1) is 18.0 Å². The predicted molar refractivity (Wildman–Crippen MR) is 87.2 cm³/mol. The van der Waals surface area contributed by atoms with E-state index < -0.39 is 0 Å². The summed E-state index contributed by atoms with van der Waals surface area (Å²) in [6, 6.07) is 0.341. The number of hydrogen-bond donors (Lipinski definition) is 2. The van der Waals surface area contributed by atoms with E-state index in [2.05, 4.69) is 27.3 Å². The molecular formula is C16H24N6O. The molecule has 7 heteroatoms. The number of nitrogens with zero attached hydrogens (tertiary/aromatic N) is 4. The van der Waals surface area contributed by atoms with Gasteiger partial charge in [0.2, 0.25) is 0 Å². The van der Waals surface area contributed by atoms with Gasteiger partial charge in [-0.2, -0.15) is 4.98 Å². The third-order valence-corrected chi connectivity index (χ3v) is 5.15. The number of aromatic nitrogens is 4. The smallest absolute Gasteiger partial charge is 0.336 e. The Kier molecular flexibility index (Phi) is 3.60. The summed E-state index contributed by atoms with van der Waals surface area (Å²) in [4.78, 5) is 8.63. The van der Waals surface area contributed by atoms with Crippen molar-refractivity contribution in [3.05, 3.63) is 11.9 Å². The first-order valence-electron chi connectivity index (χ1n) is 8.55. The summed E-state index contributed by atoms with van der Waals surface area (Å²) in [6.45, 7) is 6.45. The third kappa shape index (κ3) is 2.63. The number of piperidine rings is 1. The number of nitrogen functional groups attached to an aromatic ring is 1. The highest BCUT2D eigenvalue weighted by Gasteiger charge is 2.52. The highest BCUT2D eigenvalue weighted by atomic mass is 16.5. The molecule has 4 rings (SSSR count). The minimum atomic E-state index is 0.0812. The number of hydrogen-bond acceptors (Lipinski definition) is 6. The van der Waals surface area contributed by atoms with Crippen molar-refractivity contribution in [1.29, 1.82) is 0 Å². The van der Waals surface area contributed by atoms with Crippen molar-refractivity contribution in [2.75, 3.05) is 18.8 Å². The fourth-order valence-electron chi connectivity index (χ4n) is 3.85. The second-order valence-electron chi connectivity index (χ2n) is 6.84. The molecule has 1 aliphatic heterocycles. The summed E-state index contributed by atoms with van der Waals surface area (Å²) in [6.07, 6.45) is 4.99. The normalized spacial score (nSPS) is 27.1. The van der Waals surface area contributed by atoms with Crippen LogP contribution in [0.15, 0.2) is 6.20 Å². The molecular weight excluding hydrogens is 292 g/mol. The van der Waals surface area contributed by atoms with Crippen LogP contribution in [0.3, 0.4) is 0 Å². The maximum Gasteiger partial charge on any atom is 0.336 e. The molecule has 2 aromatic rings. The number of imidazole rings is 1. The van der Waals surface area contributed by atoms with E-state index in [1.165, 1.54) is 0 Å². The van der Waals surface area contributed by atoms with Gasteiger partial charge in [0.15, 0.2) is 11.5 Å². The van der Waals surface area contributed by atoms with E-state index in [0.29, 0.717) is 17.5 Å². The van der Waals surface area contributed by atoms with Crippen molar-refractivity contribution in [2.24, 2.45) is 17.8 Å². The molecule has 2 aromatic heterocycles. The van der Waals surface area contributed by atoms with Gasteiger partial charge in [-0.15, -0.1) is 5.10 Å². The van der Waals surface area contributed by atoms with E-state index in [9.17, 15) is 0 Å². The van der Waals surface area contributed by atoms with Gasteiger partial charge in [-0.05, 0) is 50.6 Å². The molecule has 0 amide bonds. The highest BCUT2D eigenvalue weighted by molar-refractivity contribution is 5.59. The zero-order chi connectivity index (χ0) is 16.0. The molecule has 0 bridgehead atoms. The maximum absolute atomic E-state index is 6.03. The summed E-state index contributed by atoms with van der Waals surface area (Å²) in [5.74, 6) is 2.76. The molecule has 3 heterocycles. The minimum absolute atomic E-state index is 0.0812. The van der Waals surface area contributed by atoms with Gasteiger partial charge in [0.25, 0.3) is 0 Å². The number of nitrogens with one attached hydrogen (secondary N) is 1. The van der Waals surface area contributed by atoms with Gasteiger partial charge in [-0.3, -0.25) is 0 Å². The lowest BCUT2D eigenvalue weighted by molar-refractivity contribution is 0.189. The van der Waals surface area contributed by atoms with Crippen molar-refractivity contribution in [3.63, 3.8) is 0 Å². The standard InChI is InChI=1S/C16H24N6O/c1-3-4-9(2)23-16-20-14(17)15-19-6-10(22(15)21-16)5-11-12-7-18-8-13(11)12/h6,9,11-13,18H,3-5,7-8H2,1-2H3,(H2,17,20,21)/t9-,11?,12-,13+/m0/s1. The van der Waals surface area contributed by atoms with Gasteiger partial charge in [0, 0.05) is 0 Å². The molecule has 0 aromatic carbocycles. The van der Waals surface area contributed by atoms with E-state index in [-0.39, 0.29) is 6.10 Å². The van der Waals surface area contributed by atoms with Crippen LogP contribution in [0.25, 0.3) is 5.65 Å². The molecule has 1 saturated heterocycles. The van der Waals surface area contributed by atoms with Crippen LogP contribution in [0, 0.1) is 17.8 Å². The van der Waals surface area contributed by atoms with E-state index in [1.807, 2.05) is 17.6 Å². The fourth-order valence-corrected chi connectivity index (χ4v) is 3.85. The van der Waals surface area contributed by atoms with Gasteiger partial charge in [0.1, 0.15) is 0 Å². The molecule has 1 saturated carbocycles. The van der Waals surface area contributed by atoms with Crippen LogP contribution >= 0.6 is 0 Å². The van der Waals surface area contributed by atoms with Crippen LogP contribution < -0.4 is 15.8 Å². The number of anilines is 1. The van der Waals surface area contributed by atoms with Crippen LogP contribution in [0.1, 0.15) is 32.4 Å². The molecule has 1 unspecified atom stereocenters. The van der Waals surface area contributed by atoms with Crippen molar-refractivity contribution >= 4 is 11.5 Å². The van der Waals surface area contributed by atoms with Gasteiger partial charge in [-0.25, -0.2) is 9.50 Å². The van der Waals surface area contributed by atoms with Crippen molar-refractivity contribution < 1.29 is 4.74 Å². The quantitative estimate of drug-likeness (QED) is 0.834. The van der Waals surface area contributed by atoms with E-state index in [0.717, 1.165) is 55.8 Å². The zero-order valence-corrected chi connectivity index (χ0v) is 13.7. The molecule has 3 N–H and O–H groups in total. The number of ether oxygens (including phenoxy) is 1. The molecule has 0 radical (unpaired) electrons. The fraction of sp³-hybridized carbons (Fsp3) is 0.688. The number of nitrogens with two attached hydrogens (primary N) is 1. The summed E-state index contributed by atoms with van der Waals surface area (Å²) in [5.41, 5.74) is 7.76. The third-order valence-electron chi connectivity index (χ3n) is 5.15. The number of rotatable bonds is 6. The first kappa shape index (κ1) is 14.7. The Morgan fingerprint density at radius 3 is 2.96 bits per heavy atom. The summed E-state index contributed by atoms with van der Waals surface area (Å²) in [7, 11) is 0. The molecule has 124 valence electrons. The first-order valence-corrected chi connectivity index (χ1v) is 8.55. The number of fused-ring (bicyclic) bond motifs is 2. The lowest BCUT2D eigenvalue weighted by Crippen LogP contribution is -2.17. The van der Waals surface area contributed by atoms with Crippen LogP contribution in [-0.2, 0) is 6.42 Å². The van der Waals surface area contributed by atoms with Crippen molar-refractivity contribution in [2.45, 2.75) is 39.2 Å². The Balaban J connectivity index is 1.57. The van der Waals surface area contributed by atoms with Crippen molar-refractivity contribution in [3.8, 4) is 6.01 Å². The lowest BCUT2D eigenvalue weighted by atomic mass is 10.1. The minimum Gasteiger partial charge on any atom is -0.459 e. The second-order valence-corrected chi connectivity index (χ2v) is 6.84. The monoisotopic (exact) mass is 316 g/mol. The maximum atomic E-state index is 6.03. The van der Waals surface area contributed by atoms with Crippen LogP contribution in [-0.4, -0.2) is 38.8 Å². The zero-order valence-electron chi connectivity index (χ0n) is 13.7. The predicted octanol–water partition coefficient (Wildman–Crippen LogP) is 1.28. The largest absolute Gasteiger partial charge is 0.459 e. The average Bonchev–Trinajstić information content (AvgIpc) is 2.89. The Morgan fingerprint density at radius 2 is 2.22 bits per heavy atom. The van der Waals surface area contributed by atoms with Gasteiger partial charge >= 0.3 is 6.01 Å². The summed E-state index contributed by atoms with van der Waals surface area (Å²) >= 11 is 0. The Hall–Kier alpha value is -1.89. The summed E-state index contributed by atoms with van der Waals surface area (Å²) in [5, 5.41) is 7.95. The SMILES string of the molecule is CCC[C@H](C)Oc1nc(N)c2ncc(CC3[C@H]4CNC[C@@H]34)n2n1. The van der Waals surface area contributed by atoms with Crippen molar-refractivity contribution in [1.82, 2.24) is 24.9 Å².